The molecule has 1 amide bonds. The summed E-state index contributed by atoms with van der Waals surface area (Å²) >= 11 is 0. The second-order valence-corrected chi connectivity index (χ2v) is 4.71. The van der Waals surface area contributed by atoms with Gasteiger partial charge in [0.15, 0.2) is 0 Å². The van der Waals surface area contributed by atoms with Crippen LogP contribution in [0.25, 0.3) is 16.4 Å². The van der Waals surface area contributed by atoms with Crippen molar-refractivity contribution in [3.63, 3.8) is 0 Å². The number of carbonyl (C=O) groups excluding carboxylic acids is 1. The van der Waals surface area contributed by atoms with Crippen LogP contribution in [0.2, 0.25) is 0 Å². The molecule has 108 valence electrons. The van der Waals surface area contributed by atoms with E-state index in [2.05, 4.69) is 5.10 Å². The van der Waals surface area contributed by atoms with E-state index >= 15 is 0 Å². The molecule has 3 rings (SSSR count). The van der Waals surface area contributed by atoms with Crippen LogP contribution in [-0.2, 0) is 18.2 Å². The molecular formula is C14H14N4O3. The molecule has 0 bridgehead atoms. The van der Waals surface area contributed by atoms with E-state index in [0.29, 0.717) is 6.42 Å². The Morgan fingerprint density at radius 1 is 1.38 bits per heavy atom. The molecule has 0 saturated carbocycles. The van der Waals surface area contributed by atoms with Crippen molar-refractivity contribution in [1.29, 1.82) is 0 Å². The van der Waals surface area contributed by atoms with E-state index in [-0.39, 0.29) is 12.3 Å². The standard InChI is InChI=1S/C14H14N4O3/c1-17-11-5-3-2-4-10(11)12-9(6-7-21-13(15)19)8-16-18(12)14(17)20/h2-5,8H,6-7H2,1H3,(H2,15,19). The zero-order chi connectivity index (χ0) is 15.0. The van der Waals surface area contributed by atoms with Crippen LogP contribution in [0.4, 0.5) is 4.79 Å². The minimum absolute atomic E-state index is 0.153. The minimum Gasteiger partial charge on any atom is -0.449 e. The minimum atomic E-state index is -0.813. The molecule has 0 saturated heterocycles. The van der Waals surface area contributed by atoms with Gasteiger partial charge in [-0.15, -0.1) is 0 Å². The van der Waals surface area contributed by atoms with Gasteiger partial charge in [0, 0.05) is 24.4 Å². The highest BCUT2D eigenvalue weighted by atomic mass is 16.5. The Morgan fingerprint density at radius 3 is 2.90 bits per heavy atom. The Balaban J connectivity index is 2.20. The first-order chi connectivity index (χ1) is 10.1. The molecule has 3 aromatic rings. The van der Waals surface area contributed by atoms with Gasteiger partial charge in [0.25, 0.3) is 0 Å². The maximum Gasteiger partial charge on any atom is 0.404 e. The zero-order valence-corrected chi connectivity index (χ0v) is 11.4. The van der Waals surface area contributed by atoms with Crippen molar-refractivity contribution in [2.45, 2.75) is 6.42 Å². The highest BCUT2D eigenvalue weighted by Gasteiger charge is 2.13. The predicted octanol–water partition coefficient (Wildman–Crippen LogP) is 0.824. The summed E-state index contributed by atoms with van der Waals surface area (Å²) in [5.74, 6) is 0. The van der Waals surface area contributed by atoms with Gasteiger partial charge < -0.3 is 10.5 Å². The molecule has 2 heterocycles. The largest absolute Gasteiger partial charge is 0.449 e. The average molecular weight is 286 g/mol. The zero-order valence-electron chi connectivity index (χ0n) is 11.4. The average Bonchev–Trinajstić information content (AvgIpc) is 2.89. The van der Waals surface area contributed by atoms with Crippen molar-refractivity contribution in [3.8, 4) is 0 Å². The van der Waals surface area contributed by atoms with E-state index in [9.17, 15) is 9.59 Å². The number of nitrogens with two attached hydrogens (primary N) is 1. The van der Waals surface area contributed by atoms with Crippen molar-refractivity contribution in [3.05, 3.63) is 46.5 Å². The number of amides is 1. The molecule has 0 unspecified atom stereocenters. The van der Waals surface area contributed by atoms with Gasteiger partial charge in [-0.05, 0) is 6.07 Å². The van der Waals surface area contributed by atoms with Crippen LogP contribution in [0.15, 0.2) is 35.3 Å². The van der Waals surface area contributed by atoms with Crippen molar-refractivity contribution >= 4 is 22.5 Å². The van der Waals surface area contributed by atoms with Crippen LogP contribution < -0.4 is 11.4 Å². The fourth-order valence-corrected chi connectivity index (χ4v) is 2.47. The van der Waals surface area contributed by atoms with Crippen molar-refractivity contribution < 1.29 is 9.53 Å². The first kappa shape index (κ1) is 13.2. The lowest BCUT2D eigenvalue weighted by molar-refractivity contribution is 0.158. The lowest BCUT2D eigenvalue weighted by Gasteiger charge is -2.08. The third-order valence-electron chi connectivity index (χ3n) is 3.45. The van der Waals surface area contributed by atoms with Gasteiger partial charge in [-0.25, -0.2) is 9.59 Å². The summed E-state index contributed by atoms with van der Waals surface area (Å²) in [5, 5.41) is 5.06. The molecule has 0 spiro atoms. The Labute approximate surface area is 119 Å². The molecule has 1 aromatic carbocycles. The second kappa shape index (κ2) is 4.93. The van der Waals surface area contributed by atoms with Crippen molar-refractivity contribution in [1.82, 2.24) is 14.2 Å². The molecule has 0 atom stereocenters. The molecular weight excluding hydrogens is 272 g/mol. The molecule has 2 N–H and O–H groups in total. The maximum atomic E-state index is 12.3. The lowest BCUT2D eigenvalue weighted by atomic mass is 10.1. The number of nitrogens with zero attached hydrogens (tertiary/aromatic N) is 3. The number of para-hydroxylation sites is 1. The molecule has 7 nitrogen and oxygen atoms in total. The lowest BCUT2D eigenvalue weighted by Crippen LogP contribution is -2.25. The predicted molar refractivity (Wildman–Crippen MR) is 77.2 cm³/mol. The first-order valence-corrected chi connectivity index (χ1v) is 6.46. The molecule has 21 heavy (non-hydrogen) atoms. The number of rotatable bonds is 3. The van der Waals surface area contributed by atoms with E-state index in [1.54, 1.807) is 17.8 Å². The molecule has 7 heteroatoms. The van der Waals surface area contributed by atoms with Crippen LogP contribution in [0.1, 0.15) is 5.56 Å². The van der Waals surface area contributed by atoms with Gasteiger partial charge in [0.05, 0.1) is 23.8 Å². The van der Waals surface area contributed by atoms with Gasteiger partial charge in [-0.3, -0.25) is 4.57 Å². The summed E-state index contributed by atoms with van der Waals surface area (Å²) in [5.41, 5.74) is 7.13. The van der Waals surface area contributed by atoms with E-state index in [1.165, 1.54) is 4.52 Å². The summed E-state index contributed by atoms with van der Waals surface area (Å²) < 4.78 is 7.67. The third kappa shape index (κ3) is 2.12. The van der Waals surface area contributed by atoms with Crippen molar-refractivity contribution in [2.75, 3.05) is 6.61 Å². The third-order valence-corrected chi connectivity index (χ3v) is 3.45. The number of aromatic nitrogens is 3. The van der Waals surface area contributed by atoms with Crippen LogP contribution in [0.3, 0.4) is 0 Å². The number of fused-ring (bicyclic) bond motifs is 3. The smallest absolute Gasteiger partial charge is 0.404 e. The topological polar surface area (TPSA) is 91.6 Å². The van der Waals surface area contributed by atoms with Crippen LogP contribution >= 0.6 is 0 Å². The number of carbonyl (C=O) groups is 1. The fourth-order valence-electron chi connectivity index (χ4n) is 2.47. The van der Waals surface area contributed by atoms with Gasteiger partial charge in [0.2, 0.25) is 0 Å². The number of aryl methyl sites for hydroxylation is 1. The Hall–Kier alpha value is -2.83. The molecule has 0 aliphatic carbocycles. The Morgan fingerprint density at radius 2 is 2.14 bits per heavy atom. The second-order valence-electron chi connectivity index (χ2n) is 4.71. The van der Waals surface area contributed by atoms with Gasteiger partial charge >= 0.3 is 11.8 Å². The van der Waals surface area contributed by atoms with Crippen LogP contribution in [-0.4, -0.2) is 26.9 Å². The fraction of sp³-hybridized carbons (Fsp3) is 0.214. The molecule has 2 aromatic heterocycles. The number of hydrogen-bond acceptors (Lipinski definition) is 4. The molecule has 0 aliphatic heterocycles. The number of primary amides is 1. The van der Waals surface area contributed by atoms with Crippen LogP contribution in [0, 0.1) is 0 Å². The SMILES string of the molecule is Cn1c(=O)n2ncc(CCOC(N)=O)c2c2ccccc21. The molecule has 0 fully saturated rings. The van der Waals surface area contributed by atoms with E-state index in [4.69, 9.17) is 10.5 Å². The van der Waals surface area contributed by atoms with E-state index in [1.807, 2.05) is 24.3 Å². The monoisotopic (exact) mass is 286 g/mol. The number of hydrogen-bond donors (Lipinski definition) is 1. The van der Waals surface area contributed by atoms with E-state index in [0.717, 1.165) is 22.0 Å². The summed E-state index contributed by atoms with van der Waals surface area (Å²) in [6.45, 7) is 0.153. The highest BCUT2D eigenvalue weighted by molar-refractivity contribution is 5.95. The Kier molecular flexibility index (Phi) is 3.09. The molecule has 0 radical (unpaired) electrons. The van der Waals surface area contributed by atoms with E-state index < -0.39 is 6.09 Å². The van der Waals surface area contributed by atoms with Crippen molar-refractivity contribution in [2.24, 2.45) is 12.8 Å². The summed E-state index contributed by atoms with van der Waals surface area (Å²) in [4.78, 5) is 22.9. The quantitative estimate of drug-likeness (QED) is 0.771. The highest BCUT2D eigenvalue weighted by Crippen LogP contribution is 2.21. The van der Waals surface area contributed by atoms with Gasteiger partial charge in [0.1, 0.15) is 0 Å². The maximum absolute atomic E-state index is 12.3. The van der Waals surface area contributed by atoms with Gasteiger partial charge in [-0.2, -0.15) is 9.61 Å². The van der Waals surface area contributed by atoms with Gasteiger partial charge in [-0.1, -0.05) is 18.2 Å². The van der Waals surface area contributed by atoms with Crippen LogP contribution in [0.5, 0.6) is 0 Å². The summed E-state index contributed by atoms with van der Waals surface area (Å²) in [6.07, 6.45) is 1.25. The Bertz CT molecular complexity index is 894. The summed E-state index contributed by atoms with van der Waals surface area (Å²) in [6, 6.07) is 7.60. The molecule has 0 aliphatic rings. The first-order valence-electron chi connectivity index (χ1n) is 6.46. The normalized spacial score (nSPS) is 11.1. The number of ether oxygens (including phenoxy) is 1. The summed E-state index contributed by atoms with van der Waals surface area (Å²) in [7, 11) is 1.71. The number of benzene rings is 1.